The van der Waals surface area contributed by atoms with Crippen LogP contribution in [0.4, 0.5) is 0 Å². The van der Waals surface area contributed by atoms with Gasteiger partial charge in [0.25, 0.3) is 5.91 Å². The fraction of sp³-hybridized carbons (Fsp3) is 0.667. The molecular formula is C9H14ClNO. The van der Waals surface area contributed by atoms with Gasteiger partial charge in [0, 0.05) is 13.1 Å². The second-order valence-corrected chi connectivity index (χ2v) is 3.68. The molecule has 1 aliphatic rings. The molecule has 0 N–H and O–H groups in total. The van der Waals surface area contributed by atoms with Crippen molar-refractivity contribution in [2.75, 3.05) is 13.1 Å². The molecular weight excluding hydrogens is 174 g/mol. The quantitative estimate of drug-likeness (QED) is 0.606. The molecule has 0 spiro atoms. The lowest BCUT2D eigenvalue weighted by atomic mass is 10.1. The van der Waals surface area contributed by atoms with E-state index in [0.717, 1.165) is 25.9 Å². The number of carbonyl (C=O) groups excluding carboxylic acids is 1. The second kappa shape index (κ2) is 3.94. The molecule has 2 nitrogen and oxygen atoms in total. The third-order valence-corrected chi connectivity index (χ3v) is 2.54. The first-order valence-corrected chi connectivity index (χ1v) is 4.66. The van der Waals surface area contributed by atoms with Crippen LogP contribution in [0, 0.1) is 5.92 Å². The van der Waals surface area contributed by atoms with Crippen LogP contribution in [-0.4, -0.2) is 23.9 Å². The molecule has 0 aromatic heterocycles. The van der Waals surface area contributed by atoms with Gasteiger partial charge < -0.3 is 4.90 Å². The molecule has 1 heterocycles. The smallest absolute Gasteiger partial charge is 0.264 e. The second-order valence-electron chi connectivity index (χ2n) is 3.22. The number of rotatable bonds is 2. The van der Waals surface area contributed by atoms with Crippen LogP contribution >= 0.6 is 11.6 Å². The summed E-state index contributed by atoms with van der Waals surface area (Å²) in [4.78, 5) is 13.1. The molecule has 1 fully saturated rings. The average Bonchev–Trinajstić information content (AvgIpc) is 2.50. The Morgan fingerprint density at radius 3 is 2.83 bits per heavy atom. The largest absolute Gasteiger partial charge is 0.338 e. The van der Waals surface area contributed by atoms with Gasteiger partial charge in [0.05, 0.1) is 5.03 Å². The number of halogens is 1. The fourth-order valence-corrected chi connectivity index (χ4v) is 1.64. The van der Waals surface area contributed by atoms with Crippen molar-refractivity contribution in [3.05, 3.63) is 11.6 Å². The van der Waals surface area contributed by atoms with Crippen LogP contribution in [0.1, 0.15) is 19.8 Å². The zero-order chi connectivity index (χ0) is 9.14. The van der Waals surface area contributed by atoms with Gasteiger partial charge in [-0.2, -0.15) is 0 Å². The maximum absolute atomic E-state index is 11.3. The molecule has 1 atom stereocenters. The monoisotopic (exact) mass is 187 g/mol. The SMILES string of the molecule is C=C(Cl)C(=O)N1CCC(CC)C1. The molecule has 1 aliphatic heterocycles. The van der Waals surface area contributed by atoms with E-state index in [1.165, 1.54) is 0 Å². The van der Waals surface area contributed by atoms with Gasteiger partial charge in [0.2, 0.25) is 0 Å². The topological polar surface area (TPSA) is 20.3 Å². The third kappa shape index (κ3) is 2.01. The van der Waals surface area contributed by atoms with Gasteiger partial charge in [-0.15, -0.1) is 0 Å². The first kappa shape index (κ1) is 9.59. The van der Waals surface area contributed by atoms with Gasteiger partial charge in [-0.3, -0.25) is 4.79 Å². The summed E-state index contributed by atoms with van der Waals surface area (Å²) in [5.41, 5.74) is 0. The van der Waals surface area contributed by atoms with E-state index in [1.807, 2.05) is 0 Å². The summed E-state index contributed by atoms with van der Waals surface area (Å²) < 4.78 is 0. The Balaban J connectivity index is 2.46. The average molecular weight is 188 g/mol. The molecule has 1 rings (SSSR count). The molecule has 0 aromatic rings. The molecule has 12 heavy (non-hydrogen) atoms. The highest BCUT2D eigenvalue weighted by Crippen LogP contribution is 2.20. The Morgan fingerprint density at radius 2 is 2.42 bits per heavy atom. The molecule has 0 aliphatic carbocycles. The van der Waals surface area contributed by atoms with Crippen molar-refractivity contribution in [1.29, 1.82) is 0 Å². The number of likely N-dealkylation sites (tertiary alicyclic amines) is 1. The van der Waals surface area contributed by atoms with Crippen LogP contribution in [0.3, 0.4) is 0 Å². The maximum Gasteiger partial charge on any atom is 0.264 e. The molecule has 0 bridgehead atoms. The van der Waals surface area contributed by atoms with Crippen molar-refractivity contribution in [2.45, 2.75) is 19.8 Å². The highest BCUT2D eigenvalue weighted by Gasteiger charge is 2.25. The van der Waals surface area contributed by atoms with Crippen LogP contribution in [-0.2, 0) is 4.79 Å². The van der Waals surface area contributed by atoms with E-state index in [9.17, 15) is 4.79 Å². The lowest BCUT2D eigenvalue weighted by molar-refractivity contribution is -0.125. The van der Waals surface area contributed by atoms with Gasteiger partial charge in [-0.1, -0.05) is 31.5 Å². The number of amides is 1. The van der Waals surface area contributed by atoms with E-state index in [0.29, 0.717) is 5.92 Å². The first-order chi connectivity index (χ1) is 5.65. The van der Waals surface area contributed by atoms with E-state index in [-0.39, 0.29) is 10.9 Å². The molecule has 0 radical (unpaired) electrons. The summed E-state index contributed by atoms with van der Waals surface area (Å²) in [5, 5.41) is 0.131. The first-order valence-electron chi connectivity index (χ1n) is 4.28. The van der Waals surface area contributed by atoms with Gasteiger partial charge >= 0.3 is 0 Å². The van der Waals surface area contributed by atoms with E-state index in [4.69, 9.17) is 11.6 Å². The normalized spacial score (nSPS) is 22.8. The molecule has 0 aromatic carbocycles. The van der Waals surface area contributed by atoms with Crippen LogP contribution < -0.4 is 0 Å². The number of carbonyl (C=O) groups is 1. The Kier molecular flexibility index (Phi) is 3.15. The Bertz CT molecular complexity index is 203. The summed E-state index contributed by atoms with van der Waals surface area (Å²) >= 11 is 5.51. The maximum atomic E-state index is 11.3. The highest BCUT2D eigenvalue weighted by atomic mass is 35.5. The molecule has 1 saturated heterocycles. The Labute approximate surface area is 78.2 Å². The van der Waals surface area contributed by atoms with Crippen molar-refractivity contribution in [3.8, 4) is 0 Å². The Morgan fingerprint density at radius 1 is 1.75 bits per heavy atom. The summed E-state index contributed by atoms with van der Waals surface area (Å²) in [6, 6.07) is 0. The van der Waals surface area contributed by atoms with E-state index >= 15 is 0 Å². The summed E-state index contributed by atoms with van der Waals surface area (Å²) in [7, 11) is 0. The van der Waals surface area contributed by atoms with Gasteiger partial charge in [-0.05, 0) is 12.3 Å². The molecule has 1 amide bonds. The van der Waals surface area contributed by atoms with Gasteiger partial charge in [-0.25, -0.2) is 0 Å². The summed E-state index contributed by atoms with van der Waals surface area (Å²) in [6.45, 7) is 7.26. The van der Waals surface area contributed by atoms with Crippen molar-refractivity contribution in [2.24, 2.45) is 5.92 Å². The van der Waals surface area contributed by atoms with E-state index in [2.05, 4.69) is 13.5 Å². The van der Waals surface area contributed by atoms with Crippen molar-refractivity contribution in [3.63, 3.8) is 0 Å². The third-order valence-electron chi connectivity index (χ3n) is 2.38. The Hall–Kier alpha value is -0.500. The van der Waals surface area contributed by atoms with Crippen molar-refractivity contribution >= 4 is 17.5 Å². The highest BCUT2D eigenvalue weighted by molar-refractivity contribution is 6.41. The fourth-order valence-electron chi connectivity index (χ4n) is 1.52. The zero-order valence-electron chi connectivity index (χ0n) is 7.35. The minimum absolute atomic E-state index is 0.104. The lowest BCUT2D eigenvalue weighted by Crippen LogP contribution is -2.28. The van der Waals surface area contributed by atoms with Crippen LogP contribution in [0.15, 0.2) is 11.6 Å². The van der Waals surface area contributed by atoms with Gasteiger partial charge in [0.15, 0.2) is 0 Å². The molecule has 68 valence electrons. The molecule has 0 saturated carbocycles. The van der Waals surface area contributed by atoms with E-state index < -0.39 is 0 Å². The molecule has 3 heteroatoms. The minimum Gasteiger partial charge on any atom is -0.338 e. The zero-order valence-corrected chi connectivity index (χ0v) is 8.10. The standard InChI is InChI=1S/C9H14ClNO/c1-3-8-4-5-11(6-8)9(12)7(2)10/h8H,2-6H2,1H3. The van der Waals surface area contributed by atoms with E-state index in [1.54, 1.807) is 4.90 Å². The van der Waals surface area contributed by atoms with Crippen LogP contribution in [0.25, 0.3) is 0 Å². The summed E-state index contributed by atoms with van der Waals surface area (Å²) in [6.07, 6.45) is 2.24. The number of nitrogens with zero attached hydrogens (tertiary/aromatic N) is 1. The lowest BCUT2D eigenvalue weighted by Gasteiger charge is -2.14. The van der Waals surface area contributed by atoms with Crippen LogP contribution in [0.5, 0.6) is 0 Å². The number of hydrogen-bond donors (Lipinski definition) is 0. The van der Waals surface area contributed by atoms with Crippen LogP contribution in [0.2, 0.25) is 0 Å². The van der Waals surface area contributed by atoms with Crippen molar-refractivity contribution < 1.29 is 4.79 Å². The summed E-state index contributed by atoms with van der Waals surface area (Å²) in [5.74, 6) is 0.553. The minimum atomic E-state index is -0.104. The predicted molar refractivity (Wildman–Crippen MR) is 50.0 cm³/mol. The predicted octanol–water partition coefficient (Wildman–Crippen LogP) is 2.00. The van der Waals surface area contributed by atoms with Crippen molar-refractivity contribution in [1.82, 2.24) is 4.90 Å². The van der Waals surface area contributed by atoms with Gasteiger partial charge in [0.1, 0.15) is 0 Å². The molecule has 1 unspecified atom stereocenters. The number of hydrogen-bond acceptors (Lipinski definition) is 1.